The van der Waals surface area contributed by atoms with Crippen molar-refractivity contribution in [1.82, 2.24) is 4.98 Å². The van der Waals surface area contributed by atoms with Gasteiger partial charge in [-0.05, 0) is 24.3 Å². The first-order valence-corrected chi connectivity index (χ1v) is 5.86. The number of carbonyl (C=O) groups is 2. The number of hydrogen-bond donors (Lipinski definition) is 2. The van der Waals surface area contributed by atoms with Crippen LogP contribution in [0.3, 0.4) is 0 Å². The van der Waals surface area contributed by atoms with E-state index >= 15 is 0 Å². The summed E-state index contributed by atoms with van der Waals surface area (Å²) in [5.74, 6) is -2.54. The van der Waals surface area contributed by atoms with Crippen LogP contribution in [0.5, 0.6) is 0 Å². The van der Waals surface area contributed by atoms with Crippen LogP contribution >= 0.6 is 0 Å². The molecule has 1 aromatic heterocycles. The van der Waals surface area contributed by atoms with Gasteiger partial charge in [0, 0.05) is 10.8 Å². The molecule has 3 aromatic rings. The van der Waals surface area contributed by atoms with Gasteiger partial charge in [0.15, 0.2) is 0 Å². The predicted octanol–water partition coefficient (Wildman–Crippen LogP) is 2.78. The number of aromatic carboxylic acids is 2. The quantitative estimate of drug-likeness (QED) is 0.697. The summed E-state index contributed by atoms with van der Waals surface area (Å²) in [4.78, 5) is 26.7. The summed E-state index contributed by atoms with van der Waals surface area (Å²) >= 11 is 0. The van der Waals surface area contributed by atoms with Gasteiger partial charge in [-0.2, -0.15) is 0 Å². The summed E-state index contributed by atoms with van der Waals surface area (Å²) in [6.45, 7) is 0. The van der Waals surface area contributed by atoms with Crippen molar-refractivity contribution < 1.29 is 19.8 Å². The molecule has 2 aromatic carbocycles. The fourth-order valence-electron chi connectivity index (χ4n) is 2.18. The van der Waals surface area contributed by atoms with Gasteiger partial charge >= 0.3 is 11.9 Å². The largest absolute Gasteiger partial charge is 0.478 e. The van der Waals surface area contributed by atoms with Gasteiger partial charge in [-0.25, -0.2) is 14.6 Å². The van der Waals surface area contributed by atoms with Crippen molar-refractivity contribution in [2.75, 3.05) is 0 Å². The third-order valence-corrected chi connectivity index (χ3v) is 3.12. The molecular formula is C15H9NO4. The number of hydrogen-bond acceptors (Lipinski definition) is 3. The Kier molecular flexibility index (Phi) is 2.61. The van der Waals surface area contributed by atoms with Crippen LogP contribution in [0.15, 0.2) is 42.5 Å². The van der Waals surface area contributed by atoms with Gasteiger partial charge in [-0.3, -0.25) is 0 Å². The summed E-state index contributed by atoms with van der Waals surface area (Å²) in [7, 11) is 0. The van der Waals surface area contributed by atoms with Crippen LogP contribution in [0, 0.1) is 0 Å². The number of aromatic nitrogens is 1. The Balaban J connectivity index is 2.41. The molecule has 0 aliphatic rings. The number of para-hydroxylation sites is 1. The molecule has 0 fully saturated rings. The zero-order valence-corrected chi connectivity index (χ0v) is 10.2. The number of benzene rings is 2. The third-order valence-electron chi connectivity index (χ3n) is 3.12. The first-order valence-electron chi connectivity index (χ1n) is 5.86. The fourth-order valence-corrected chi connectivity index (χ4v) is 2.18. The minimum atomic E-state index is -1.28. The molecule has 2 N–H and O–H groups in total. The highest BCUT2D eigenvalue weighted by Crippen LogP contribution is 2.23. The minimum Gasteiger partial charge on any atom is -0.478 e. The Morgan fingerprint density at radius 1 is 0.800 bits per heavy atom. The summed E-state index contributed by atoms with van der Waals surface area (Å²) in [6.07, 6.45) is 0. The second-order valence-corrected chi connectivity index (χ2v) is 4.38. The minimum absolute atomic E-state index is 0.234. The van der Waals surface area contributed by atoms with Crippen LogP contribution in [0.1, 0.15) is 20.7 Å². The Labute approximate surface area is 113 Å². The molecule has 0 saturated carbocycles. The summed E-state index contributed by atoms with van der Waals surface area (Å²) in [6, 6.07) is 11.8. The molecule has 0 bridgehead atoms. The van der Waals surface area contributed by atoms with Crippen molar-refractivity contribution in [3.8, 4) is 0 Å². The van der Waals surface area contributed by atoms with E-state index in [1.54, 1.807) is 6.07 Å². The van der Waals surface area contributed by atoms with E-state index in [2.05, 4.69) is 4.98 Å². The lowest BCUT2D eigenvalue weighted by atomic mass is 10.0. The molecule has 0 aliphatic carbocycles. The van der Waals surface area contributed by atoms with E-state index in [4.69, 9.17) is 10.2 Å². The van der Waals surface area contributed by atoms with Crippen LogP contribution in [-0.4, -0.2) is 27.1 Å². The van der Waals surface area contributed by atoms with E-state index < -0.39 is 11.9 Å². The first-order chi connectivity index (χ1) is 9.56. The van der Waals surface area contributed by atoms with Gasteiger partial charge in [0.2, 0.25) is 0 Å². The molecule has 20 heavy (non-hydrogen) atoms. The first kappa shape index (κ1) is 12.1. The Bertz CT molecular complexity index is 798. The molecular weight excluding hydrogens is 258 g/mol. The van der Waals surface area contributed by atoms with Crippen molar-refractivity contribution in [3.63, 3.8) is 0 Å². The second kappa shape index (κ2) is 4.31. The zero-order valence-electron chi connectivity index (χ0n) is 10.2. The van der Waals surface area contributed by atoms with Gasteiger partial charge in [-0.1, -0.05) is 18.2 Å². The topological polar surface area (TPSA) is 87.5 Å². The van der Waals surface area contributed by atoms with E-state index in [9.17, 15) is 9.59 Å². The number of carboxylic acids is 2. The number of rotatable bonds is 2. The molecule has 5 heteroatoms. The maximum Gasteiger partial charge on any atom is 0.336 e. The lowest BCUT2D eigenvalue weighted by Crippen LogP contribution is -2.08. The molecule has 1 heterocycles. The zero-order chi connectivity index (χ0) is 14.3. The number of pyridine rings is 1. The van der Waals surface area contributed by atoms with Gasteiger partial charge in [0.1, 0.15) is 0 Å². The Morgan fingerprint density at radius 2 is 1.45 bits per heavy atom. The molecule has 0 spiro atoms. The molecule has 0 atom stereocenters. The Morgan fingerprint density at radius 3 is 2.15 bits per heavy atom. The second-order valence-electron chi connectivity index (χ2n) is 4.38. The Hall–Kier alpha value is -2.95. The van der Waals surface area contributed by atoms with Crippen LogP contribution in [0.2, 0.25) is 0 Å². The highest BCUT2D eigenvalue weighted by molar-refractivity contribution is 6.06. The van der Waals surface area contributed by atoms with E-state index in [0.717, 1.165) is 10.9 Å². The summed E-state index contributed by atoms with van der Waals surface area (Å²) < 4.78 is 0. The normalized spacial score (nSPS) is 10.8. The summed E-state index contributed by atoms with van der Waals surface area (Å²) in [5.41, 5.74) is 0.709. The molecule has 3 rings (SSSR count). The standard InChI is InChI=1S/C15H9NO4/c17-14(18)10-6-9-5-8-3-1-2-4-12(8)16-13(9)7-11(10)15(19)20/h1-7H,(H,17,18)(H,19,20). The van der Waals surface area contributed by atoms with E-state index in [1.807, 2.05) is 24.3 Å². The fraction of sp³-hybridized carbons (Fsp3) is 0. The number of fused-ring (bicyclic) bond motifs is 2. The summed E-state index contributed by atoms with van der Waals surface area (Å²) in [5, 5.41) is 19.7. The van der Waals surface area contributed by atoms with Gasteiger partial charge in [-0.15, -0.1) is 0 Å². The maximum atomic E-state index is 11.1. The van der Waals surface area contributed by atoms with Gasteiger partial charge in [0.25, 0.3) is 0 Å². The van der Waals surface area contributed by atoms with E-state index in [1.165, 1.54) is 12.1 Å². The van der Waals surface area contributed by atoms with Crippen molar-refractivity contribution in [2.45, 2.75) is 0 Å². The molecule has 98 valence electrons. The molecule has 0 unspecified atom stereocenters. The van der Waals surface area contributed by atoms with Gasteiger partial charge < -0.3 is 10.2 Å². The smallest absolute Gasteiger partial charge is 0.336 e. The monoisotopic (exact) mass is 267 g/mol. The van der Waals surface area contributed by atoms with Gasteiger partial charge in [0.05, 0.1) is 22.2 Å². The van der Waals surface area contributed by atoms with Crippen LogP contribution < -0.4 is 0 Å². The van der Waals surface area contributed by atoms with Crippen molar-refractivity contribution >= 4 is 33.7 Å². The average Bonchev–Trinajstić information content (AvgIpc) is 2.43. The lowest BCUT2D eigenvalue weighted by molar-refractivity contribution is 0.0652. The SMILES string of the molecule is O=C(O)c1cc2cc3ccccc3nc2cc1C(=O)O. The number of carboxylic acid groups (broad SMARTS) is 2. The van der Waals surface area contributed by atoms with Crippen molar-refractivity contribution in [3.05, 3.63) is 53.6 Å². The van der Waals surface area contributed by atoms with Crippen LogP contribution in [0.25, 0.3) is 21.8 Å². The average molecular weight is 267 g/mol. The molecule has 0 saturated heterocycles. The molecule has 5 nitrogen and oxygen atoms in total. The van der Waals surface area contributed by atoms with Crippen molar-refractivity contribution in [2.24, 2.45) is 0 Å². The third kappa shape index (κ3) is 1.85. The molecule has 0 amide bonds. The van der Waals surface area contributed by atoms with Crippen LogP contribution in [0.4, 0.5) is 0 Å². The highest BCUT2D eigenvalue weighted by atomic mass is 16.4. The maximum absolute atomic E-state index is 11.1. The number of nitrogens with zero attached hydrogens (tertiary/aromatic N) is 1. The van der Waals surface area contributed by atoms with E-state index in [0.29, 0.717) is 10.9 Å². The molecule has 0 radical (unpaired) electrons. The predicted molar refractivity (Wildman–Crippen MR) is 73.2 cm³/mol. The van der Waals surface area contributed by atoms with Crippen LogP contribution in [-0.2, 0) is 0 Å². The van der Waals surface area contributed by atoms with E-state index in [-0.39, 0.29) is 11.1 Å². The highest BCUT2D eigenvalue weighted by Gasteiger charge is 2.17. The molecule has 0 aliphatic heterocycles. The lowest BCUT2D eigenvalue weighted by Gasteiger charge is -2.06. The van der Waals surface area contributed by atoms with Crippen molar-refractivity contribution in [1.29, 1.82) is 0 Å².